The Hall–Kier alpha value is -1.34. The molecule has 0 aromatic heterocycles. The molecule has 0 radical (unpaired) electrons. The van der Waals surface area contributed by atoms with E-state index in [1.165, 1.54) is 6.07 Å². The first-order chi connectivity index (χ1) is 9.60. The SMILES string of the molecule is Nc1cc(I)c(F)cc1NC(CO)Cc1ccccc1. The highest BCUT2D eigenvalue weighted by atomic mass is 127. The molecular weight excluding hydrogens is 370 g/mol. The molecule has 2 aromatic carbocycles. The molecule has 0 aliphatic heterocycles. The van der Waals surface area contributed by atoms with Crippen LogP contribution in [0.25, 0.3) is 0 Å². The molecule has 0 bridgehead atoms. The van der Waals surface area contributed by atoms with E-state index >= 15 is 0 Å². The number of aliphatic hydroxyl groups excluding tert-OH is 1. The fraction of sp³-hybridized carbons (Fsp3) is 0.200. The standard InChI is InChI=1S/C15H16FIN2O/c16-12-7-15(14(18)8-13(12)17)19-11(9-20)6-10-4-2-1-3-5-10/h1-5,7-8,11,19-20H,6,9,18H2. The summed E-state index contributed by atoms with van der Waals surface area (Å²) < 4.78 is 14.1. The Morgan fingerprint density at radius 3 is 2.60 bits per heavy atom. The van der Waals surface area contributed by atoms with Gasteiger partial charge in [-0.25, -0.2) is 4.39 Å². The molecular formula is C15H16FIN2O. The number of benzene rings is 2. The number of rotatable bonds is 5. The van der Waals surface area contributed by atoms with Gasteiger partial charge in [0, 0.05) is 6.07 Å². The molecule has 0 saturated heterocycles. The van der Waals surface area contributed by atoms with E-state index in [2.05, 4.69) is 5.32 Å². The topological polar surface area (TPSA) is 58.3 Å². The normalized spacial score (nSPS) is 12.2. The fourth-order valence-corrected chi connectivity index (χ4v) is 2.46. The quantitative estimate of drug-likeness (QED) is 0.547. The first kappa shape index (κ1) is 15.1. The van der Waals surface area contributed by atoms with Crippen LogP contribution in [0, 0.1) is 9.39 Å². The molecule has 1 unspecified atom stereocenters. The maximum Gasteiger partial charge on any atom is 0.138 e. The number of hydrogen-bond acceptors (Lipinski definition) is 3. The number of anilines is 2. The highest BCUT2D eigenvalue weighted by molar-refractivity contribution is 14.1. The van der Waals surface area contributed by atoms with Crippen LogP contribution in [0.5, 0.6) is 0 Å². The van der Waals surface area contributed by atoms with Gasteiger partial charge < -0.3 is 16.2 Å². The zero-order chi connectivity index (χ0) is 14.5. The summed E-state index contributed by atoms with van der Waals surface area (Å²) in [4.78, 5) is 0. The van der Waals surface area contributed by atoms with Crippen LogP contribution in [0.2, 0.25) is 0 Å². The van der Waals surface area contributed by atoms with Gasteiger partial charge in [0.2, 0.25) is 0 Å². The minimum Gasteiger partial charge on any atom is -0.397 e. The zero-order valence-electron chi connectivity index (χ0n) is 10.8. The second-order valence-corrected chi connectivity index (χ2v) is 5.73. The third kappa shape index (κ3) is 3.83. The molecule has 0 aliphatic rings. The molecule has 0 aliphatic carbocycles. The lowest BCUT2D eigenvalue weighted by molar-refractivity contribution is 0.273. The summed E-state index contributed by atoms with van der Waals surface area (Å²) in [6.07, 6.45) is 0.643. The van der Waals surface area contributed by atoms with Crippen molar-refractivity contribution in [3.63, 3.8) is 0 Å². The van der Waals surface area contributed by atoms with E-state index in [1.54, 1.807) is 6.07 Å². The van der Waals surface area contributed by atoms with Gasteiger partial charge >= 0.3 is 0 Å². The van der Waals surface area contributed by atoms with Crippen molar-refractivity contribution < 1.29 is 9.50 Å². The molecule has 4 N–H and O–H groups in total. The van der Waals surface area contributed by atoms with Crippen LogP contribution >= 0.6 is 22.6 Å². The van der Waals surface area contributed by atoms with Crippen molar-refractivity contribution in [1.82, 2.24) is 0 Å². The summed E-state index contributed by atoms with van der Waals surface area (Å²) >= 11 is 1.90. The van der Waals surface area contributed by atoms with Gasteiger partial charge in [0.25, 0.3) is 0 Å². The predicted molar refractivity (Wildman–Crippen MR) is 88.2 cm³/mol. The number of nitrogens with one attached hydrogen (secondary N) is 1. The minimum absolute atomic E-state index is 0.0536. The van der Waals surface area contributed by atoms with Crippen molar-refractivity contribution in [3.05, 3.63) is 57.4 Å². The maximum absolute atomic E-state index is 13.6. The average molecular weight is 386 g/mol. The number of halogens is 2. The summed E-state index contributed by atoms with van der Waals surface area (Å²) in [5.41, 5.74) is 7.96. The highest BCUT2D eigenvalue weighted by Gasteiger charge is 2.12. The van der Waals surface area contributed by atoms with Crippen LogP contribution in [-0.2, 0) is 6.42 Å². The third-order valence-electron chi connectivity index (χ3n) is 3.00. The Bertz CT molecular complexity index is 578. The molecule has 2 aromatic rings. The van der Waals surface area contributed by atoms with E-state index in [-0.39, 0.29) is 18.5 Å². The fourth-order valence-electron chi connectivity index (χ4n) is 1.97. The molecule has 0 spiro atoms. The van der Waals surface area contributed by atoms with Crippen LogP contribution < -0.4 is 11.1 Å². The van der Waals surface area contributed by atoms with Gasteiger partial charge in [-0.2, -0.15) is 0 Å². The van der Waals surface area contributed by atoms with Gasteiger partial charge in [0.15, 0.2) is 0 Å². The van der Waals surface area contributed by atoms with Crippen LogP contribution in [0.1, 0.15) is 5.56 Å². The number of nitrogen functional groups attached to an aromatic ring is 1. The monoisotopic (exact) mass is 386 g/mol. The van der Waals surface area contributed by atoms with E-state index in [0.717, 1.165) is 5.56 Å². The third-order valence-corrected chi connectivity index (χ3v) is 3.82. The Labute approximate surface area is 131 Å². The first-order valence-electron chi connectivity index (χ1n) is 6.26. The second-order valence-electron chi connectivity index (χ2n) is 4.57. The zero-order valence-corrected chi connectivity index (χ0v) is 13.0. The smallest absolute Gasteiger partial charge is 0.138 e. The summed E-state index contributed by atoms with van der Waals surface area (Å²) in [5.74, 6) is -0.321. The van der Waals surface area contributed by atoms with E-state index in [9.17, 15) is 9.50 Å². The lowest BCUT2D eigenvalue weighted by Crippen LogP contribution is -2.27. The Morgan fingerprint density at radius 2 is 1.95 bits per heavy atom. The van der Waals surface area contributed by atoms with Gasteiger partial charge in [-0.15, -0.1) is 0 Å². The van der Waals surface area contributed by atoms with Crippen molar-refractivity contribution in [2.45, 2.75) is 12.5 Å². The van der Waals surface area contributed by atoms with Gasteiger partial charge in [0.05, 0.1) is 27.6 Å². The van der Waals surface area contributed by atoms with Gasteiger partial charge in [-0.3, -0.25) is 0 Å². The maximum atomic E-state index is 13.6. The summed E-state index contributed by atoms with van der Waals surface area (Å²) in [7, 11) is 0. The number of hydrogen-bond donors (Lipinski definition) is 3. The average Bonchev–Trinajstić information content (AvgIpc) is 2.45. The summed E-state index contributed by atoms with van der Waals surface area (Å²) in [6, 6.07) is 12.5. The minimum atomic E-state index is -0.321. The highest BCUT2D eigenvalue weighted by Crippen LogP contribution is 2.25. The van der Waals surface area contributed by atoms with E-state index in [0.29, 0.717) is 21.4 Å². The Kier molecular flexibility index (Phi) is 5.19. The van der Waals surface area contributed by atoms with Crippen molar-refractivity contribution >= 4 is 34.0 Å². The molecule has 1 atom stereocenters. The Balaban J connectivity index is 2.12. The molecule has 3 nitrogen and oxygen atoms in total. The summed E-state index contributed by atoms with van der Waals surface area (Å²) in [5, 5.41) is 12.6. The molecule has 0 heterocycles. The molecule has 5 heteroatoms. The van der Waals surface area contributed by atoms with Crippen LogP contribution in [0.3, 0.4) is 0 Å². The molecule has 2 rings (SSSR count). The molecule has 0 amide bonds. The van der Waals surface area contributed by atoms with E-state index in [4.69, 9.17) is 5.73 Å². The summed E-state index contributed by atoms with van der Waals surface area (Å²) in [6.45, 7) is -0.0536. The lowest BCUT2D eigenvalue weighted by atomic mass is 10.1. The molecule has 20 heavy (non-hydrogen) atoms. The van der Waals surface area contributed by atoms with Gasteiger partial charge in [-0.1, -0.05) is 30.3 Å². The number of aliphatic hydroxyl groups is 1. The molecule has 106 valence electrons. The van der Waals surface area contributed by atoms with Gasteiger partial charge in [-0.05, 0) is 40.6 Å². The predicted octanol–water partition coefficient (Wildman–Crippen LogP) is 3.03. The van der Waals surface area contributed by atoms with Crippen molar-refractivity contribution in [1.29, 1.82) is 0 Å². The van der Waals surface area contributed by atoms with E-state index in [1.807, 2.05) is 52.9 Å². The lowest BCUT2D eigenvalue weighted by Gasteiger charge is -2.19. The number of nitrogens with two attached hydrogens (primary N) is 1. The second kappa shape index (κ2) is 6.90. The largest absolute Gasteiger partial charge is 0.397 e. The first-order valence-corrected chi connectivity index (χ1v) is 7.34. The van der Waals surface area contributed by atoms with E-state index < -0.39 is 0 Å². The van der Waals surface area contributed by atoms with Crippen LogP contribution in [-0.4, -0.2) is 17.8 Å². The van der Waals surface area contributed by atoms with Crippen molar-refractivity contribution in [3.8, 4) is 0 Å². The Morgan fingerprint density at radius 1 is 1.25 bits per heavy atom. The van der Waals surface area contributed by atoms with Crippen LogP contribution in [0.15, 0.2) is 42.5 Å². The van der Waals surface area contributed by atoms with Crippen molar-refractivity contribution in [2.75, 3.05) is 17.7 Å². The molecule has 0 saturated carbocycles. The van der Waals surface area contributed by atoms with Gasteiger partial charge in [0.1, 0.15) is 5.82 Å². The van der Waals surface area contributed by atoms with Crippen molar-refractivity contribution in [2.24, 2.45) is 0 Å². The molecule has 0 fully saturated rings. The van der Waals surface area contributed by atoms with Crippen LogP contribution in [0.4, 0.5) is 15.8 Å².